The van der Waals surface area contributed by atoms with E-state index in [2.05, 4.69) is 18.6 Å². The second-order valence-corrected chi connectivity index (χ2v) is 10.8. The molecule has 1 amide bonds. The molecule has 0 aromatic rings. The zero-order chi connectivity index (χ0) is 19.6. The lowest BCUT2D eigenvalue weighted by Gasteiger charge is -2.37. The minimum absolute atomic E-state index is 0.0667. The van der Waals surface area contributed by atoms with Crippen molar-refractivity contribution in [2.75, 3.05) is 12.9 Å². The maximum atomic E-state index is 13.3. The number of amides is 1. The number of nitrogens with zero attached hydrogens (tertiary/aromatic N) is 1. The third-order valence-electron chi connectivity index (χ3n) is 7.68. The molecule has 8 heteroatoms. The van der Waals surface area contributed by atoms with E-state index in [1.165, 1.54) is 11.4 Å². The average Bonchev–Trinajstić information content (AvgIpc) is 3.08. The number of ether oxygens (including phenoxy) is 2. The van der Waals surface area contributed by atoms with E-state index in [0.29, 0.717) is 12.3 Å². The average molecular weight is 397 g/mol. The van der Waals surface area contributed by atoms with Crippen molar-refractivity contribution < 1.29 is 27.5 Å². The Balaban J connectivity index is 1.58. The minimum Gasteiger partial charge on any atom is -0.438 e. The van der Waals surface area contributed by atoms with Crippen LogP contribution >= 0.6 is 0 Å². The summed E-state index contributed by atoms with van der Waals surface area (Å²) < 4.78 is 36.9. The van der Waals surface area contributed by atoms with E-state index >= 15 is 0 Å². The Kier molecular flexibility index (Phi) is 4.15. The summed E-state index contributed by atoms with van der Waals surface area (Å²) >= 11 is 0. The number of carbonyl (C=O) groups is 2. The van der Waals surface area contributed by atoms with Crippen LogP contribution in [0.15, 0.2) is 12.2 Å². The van der Waals surface area contributed by atoms with Crippen molar-refractivity contribution >= 4 is 22.1 Å². The Morgan fingerprint density at radius 3 is 2.63 bits per heavy atom. The smallest absolute Gasteiger partial charge is 0.438 e. The molecule has 0 aromatic carbocycles. The molecule has 0 radical (unpaired) electrons. The first-order chi connectivity index (χ1) is 12.6. The van der Waals surface area contributed by atoms with Gasteiger partial charge in [0.1, 0.15) is 6.10 Å². The van der Waals surface area contributed by atoms with Crippen molar-refractivity contribution in [3.8, 4) is 0 Å². The second-order valence-electron chi connectivity index (χ2n) is 8.96. The van der Waals surface area contributed by atoms with E-state index in [1.54, 1.807) is 12.2 Å². The molecule has 0 aromatic heterocycles. The lowest BCUT2D eigenvalue weighted by atomic mass is 9.69. The van der Waals surface area contributed by atoms with Gasteiger partial charge < -0.3 is 9.47 Å². The summed E-state index contributed by atoms with van der Waals surface area (Å²) in [6.07, 6.45) is 5.55. The standard InChI is InChI=1S/C19H27NO6S/c1-18(2)13-7-8-19(18)11-27(23,24)20(15(19)10-13)16(21)12-5-4-6-14(9-12)26-17(22)25-3/h4,6,12-15H,5,7-11H2,1-3H3/t12-,13-,14-,15-,19-/m1/s1. The maximum absolute atomic E-state index is 13.3. The number of fused-ring (bicyclic) bond motifs is 1. The lowest BCUT2D eigenvalue weighted by molar-refractivity contribution is -0.134. The number of hydrogen-bond acceptors (Lipinski definition) is 6. The molecule has 0 unspecified atom stereocenters. The van der Waals surface area contributed by atoms with E-state index in [1.807, 2.05) is 0 Å². The Morgan fingerprint density at radius 2 is 1.96 bits per heavy atom. The van der Waals surface area contributed by atoms with Gasteiger partial charge in [-0.15, -0.1) is 0 Å². The summed E-state index contributed by atoms with van der Waals surface area (Å²) in [6.45, 7) is 4.33. The summed E-state index contributed by atoms with van der Waals surface area (Å²) in [6, 6.07) is -0.227. The molecule has 0 N–H and O–H groups in total. The molecule has 5 atom stereocenters. The largest absolute Gasteiger partial charge is 0.508 e. The van der Waals surface area contributed by atoms with Crippen LogP contribution < -0.4 is 0 Å². The highest BCUT2D eigenvalue weighted by atomic mass is 32.2. The van der Waals surface area contributed by atoms with Gasteiger partial charge in [0.05, 0.1) is 18.9 Å². The molecule has 4 rings (SSSR count). The van der Waals surface area contributed by atoms with Crippen LogP contribution in [-0.2, 0) is 24.3 Å². The van der Waals surface area contributed by atoms with Gasteiger partial charge >= 0.3 is 6.16 Å². The minimum atomic E-state index is -3.63. The lowest BCUT2D eigenvalue weighted by Crippen LogP contribution is -2.47. The first-order valence-corrected chi connectivity index (χ1v) is 11.2. The van der Waals surface area contributed by atoms with Crippen LogP contribution in [0.5, 0.6) is 0 Å². The van der Waals surface area contributed by atoms with Gasteiger partial charge in [-0.3, -0.25) is 4.79 Å². The van der Waals surface area contributed by atoms with Gasteiger partial charge in [0.15, 0.2) is 0 Å². The van der Waals surface area contributed by atoms with Gasteiger partial charge in [-0.25, -0.2) is 17.5 Å². The number of methoxy groups -OCH3 is 1. The first-order valence-electron chi connectivity index (χ1n) is 9.59. The highest BCUT2D eigenvalue weighted by Gasteiger charge is 2.72. The third-order valence-corrected chi connectivity index (χ3v) is 9.59. The van der Waals surface area contributed by atoms with Crippen LogP contribution in [0.1, 0.15) is 46.0 Å². The summed E-state index contributed by atoms with van der Waals surface area (Å²) in [4.78, 5) is 24.6. The Labute approximate surface area is 160 Å². The maximum Gasteiger partial charge on any atom is 0.508 e. The van der Waals surface area contributed by atoms with Crippen LogP contribution in [0.25, 0.3) is 0 Å². The molecule has 1 heterocycles. The molecule has 7 nitrogen and oxygen atoms in total. The van der Waals surface area contributed by atoms with E-state index in [9.17, 15) is 18.0 Å². The normalized spacial score (nSPS) is 40.6. The number of rotatable bonds is 2. The molecule has 3 aliphatic carbocycles. The highest BCUT2D eigenvalue weighted by Crippen LogP contribution is 2.70. The number of hydrogen-bond donors (Lipinski definition) is 0. The molecular formula is C19H27NO6S. The van der Waals surface area contributed by atoms with Crippen molar-refractivity contribution in [2.45, 2.75) is 58.1 Å². The van der Waals surface area contributed by atoms with Crippen LogP contribution in [0.4, 0.5) is 4.79 Å². The van der Waals surface area contributed by atoms with Gasteiger partial charge in [0, 0.05) is 17.8 Å². The van der Waals surface area contributed by atoms with Gasteiger partial charge in [-0.05, 0) is 43.1 Å². The van der Waals surface area contributed by atoms with Crippen molar-refractivity contribution in [3.63, 3.8) is 0 Å². The van der Waals surface area contributed by atoms with Crippen LogP contribution in [0, 0.1) is 22.7 Å². The molecule has 150 valence electrons. The summed E-state index contributed by atoms with van der Waals surface area (Å²) in [5.74, 6) is -0.306. The summed E-state index contributed by atoms with van der Waals surface area (Å²) in [5.41, 5.74) is -0.388. The van der Waals surface area contributed by atoms with Gasteiger partial charge in [-0.2, -0.15) is 0 Å². The Hall–Kier alpha value is -1.57. The number of carbonyl (C=O) groups excluding carboxylic acids is 2. The van der Waals surface area contributed by atoms with E-state index in [4.69, 9.17) is 4.74 Å². The van der Waals surface area contributed by atoms with E-state index in [-0.39, 0.29) is 35.0 Å². The van der Waals surface area contributed by atoms with E-state index in [0.717, 1.165) is 19.3 Å². The Morgan fingerprint density at radius 1 is 1.22 bits per heavy atom. The zero-order valence-electron chi connectivity index (χ0n) is 16.0. The highest BCUT2D eigenvalue weighted by molar-refractivity contribution is 7.90. The third kappa shape index (κ3) is 2.55. The van der Waals surface area contributed by atoms with Gasteiger partial charge in [0.25, 0.3) is 0 Å². The molecule has 1 saturated heterocycles. The van der Waals surface area contributed by atoms with Gasteiger partial charge in [0.2, 0.25) is 15.9 Å². The van der Waals surface area contributed by atoms with Crippen molar-refractivity contribution in [1.29, 1.82) is 0 Å². The van der Waals surface area contributed by atoms with E-state index < -0.39 is 28.2 Å². The molecular weight excluding hydrogens is 370 g/mol. The molecule has 4 aliphatic rings. The Bertz CT molecular complexity index is 803. The van der Waals surface area contributed by atoms with Gasteiger partial charge in [-0.1, -0.05) is 19.9 Å². The molecule has 2 saturated carbocycles. The van der Waals surface area contributed by atoms with Crippen molar-refractivity contribution in [3.05, 3.63) is 12.2 Å². The second kappa shape index (κ2) is 5.96. The predicted octanol–water partition coefficient (Wildman–Crippen LogP) is 2.47. The SMILES string of the molecule is COC(=O)O[C@@H]1C=CC[C@@H](C(=O)N2[C@@H]3C[C@H]4CC[C@]3(CS2(=O)=O)C4(C)C)C1. The fourth-order valence-corrected chi connectivity index (χ4v) is 8.67. The molecule has 1 spiro atoms. The fourth-order valence-electron chi connectivity index (χ4n) is 6.07. The van der Waals surface area contributed by atoms with Crippen LogP contribution in [0.3, 0.4) is 0 Å². The zero-order valence-corrected chi connectivity index (χ0v) is 16.8. The van der Waals surface area contributed by atoms with Crippen LogP contribution in [0.2, 0.25) is 0 Å². The summed E-state index contributed by atoms with van der Waals surface area (Å²) in [7, 11) is -2.40. The van der Waals surface area contributed by atoms with Crippen molar-refractivity contribution in [2.24, 2.45) is 22.7 Å². The van der Waals surface area contributed by atoms with Crippen molar-refractivity contribution in [1.82, 2.24) is 4.31 Å². The van der Waals surface area contributed by atoms with Crippen LogP contribution in [-0.4, -0.2) is 49.8 Å². The predicted molar refractivity (Wildman–Crippen MR) is 97.1 cm³/mol. The molecule has 1 aliphatic heterocycles. The topological polar surface area (TPSA) is 90.0 Å². The quantitative estimate of drug-likeness (QED) is 0.525. The molecule has 3 fully saturated rings. The fraction of sp³-hybridized carbons (Fsp3) is 0.789. The first kappa shape index (κ1) is 18.8. The molecule has 2 bridgehead atoms. The number of allylic oxidation sites excluding steroid dienone is 1. The summed E-state index contributed by atoms with van der Waals surface area (Å²) in [5, 5.41) is 0. The molecule has 27 heavy (non-hydrogen) atoms. The number of sulfonamides is 1. The monoisotopic (exact) mass is 397 g/mol.